The number of amides is 2. The van der Waals surface area contributed by atoms with E-state index >= 15 is 0 Å². The number of benzene rings is 1. The third kappa shape index (κ3) is 2.61. The molecule has 3 heterocycles. The molecule has 1 aromatic heterocycles. The summed E-state index contributed by atoms with van der Waals surface area (Å²) in [5, 5.41) is 2.02. The van der Waals surface area contributed by atoms with Crippen molar-refractivity contribution < 1.29 is 14.3 Å². The lowest BCUT2D eigenvalue weighted by Gasteiger charge is -2.52. The van der Waals surface area contributed by atoms with Crippen LogP contribution in [0.15, 0.2) is 41.8 Å². The Morgan fingerprint density at radius 3 is 2.88 bits per heavy atom. The van der Waals surface area contributed by atoms with E-state index in [1.807, 2.05) is 48.7 Å². The summed E-state index contributed by atoms with van der Waals surface area (Å²) in [4.78, 5) is 28.1. The molecule has 2 aromatic rings. The first kappa shape index (κ1) is 16.1. The molecule has 2 amide bonds. The van der Waals surface area contributed by atoms with Crippen molar-refractivity contribution >= 4 is 23.2 Å². The molecule has 5 nitrogen and oxygen atoms in total. The second-order valence-electron chi connectivity index (χ2n) is 6.82. The predicted molar refractivity (Wildman–Crippen MR) is 95.3 cm³/mol. The van der Waals surface area contributed by atoms with E-state index in [1.165, 1.54) is 4.88 Å². The molecule has 0 saturated carbocycles. The number of nitrogens with zero attached hydrogens (tertiary/aromatic N) is 1. The molecule has 1 saturated heterocycles. The lowest BCUT2D eigenvalue weighted by Crippen LogP contribution is -2.64. The smallest absolute Gasteiger partial charge is 0.238 e. The summed E-state index contributed by atoms with van der Waals surface area (Å²) >= 11 is 1.66. The molecule has 130 valence electrons. The van der Waals surface area contributed by atoms with Crippen LogP contribution in [-0.4, -0.2) is 29.0 Å². The molecule has 0 radical (unpaired) electrons. The van der Waals surface area contributed by atoms with Crippen LogP contribution >= 0.6 is 11.3 Å². The molecule has 3 atom stereocenters. The Bertz CT molecular complexity index is 820. The Hall–Kier alpha value is -2.34. The number of hydrogen-bond acceptors (Lipinski definition) is 4. The number of likely N-dealkylation sites (tertiary alicyclic amines) is 1. The van der Waals surface area contributed by atoms with Crippen molar-refractivity contribution in [1.29, 1.82) is 0 Å². The highest BCUT2D eigenvalue weighted by Crippen LogP contribution is 2.49. The van der Waals surface area contributed by atoms with Gasteiger partial charge in [0.15, 0.2) is 5.72 Å². The second-order valence-corrected chi connectivity index (χ2v) is 7.86. The van der Waals surface area contributed by atoms with E-state index in [2.05, 4.69) is 0 Å². The maximum atomic E-state index is 13.1. The van der Waals surface area contributed by atoms with Gasteiger partial charge in [0.2, 0.25) is 11.8 Å². The van der Waals surface area contributed by atoms with Crippen molar-refractivity contribution in [3.63, 3.8) is 0 Å². The number of piperidine rings is 1. The molecule has 2 aliphatic heterocycles. The summed E-state index contributed by atoms with van der Waals surface area (Å²) < 4.78 is 6.23. The molecule has 4 rings (SSSR count). The van der Waals surface area contributed by atoms with Gasteiger partial charge in [-0.3, -0.25) is 9.59 Å². The van der Waals surface area contributed by atoms with Gasteiger partial charge in [0, 0.05) is 23.8 Å². The molecule has 2 N–H and O–H groups in total. The SMILES string of the molecule is C[C@@]12C[C@@H](c3ccccc3O1)[C@@H](C(N)=O)C(=O)N2CCc1cccs1. The lowest BCUT2D eigenvalue weighted by molar-refractivity contribution is -0.175. The van der Waals surface area contributed by atoms with Gasteiger partial charge in [0.25, 0.3) is 0 Å². The Labute approximate surface area is 150 Å². The Balaban J connectivity index is 1.71. The van der Waals surface area contributed by atoms with Crippen LogP contribution in [0.3, 0.4) is 0 Å². The second kappa shape index (κ2) is 5.88. The monoisotopic (exact) mass is 356 g/mol. The average Bonchev–Trinajstić information content (AvgIpc) is 3.07. The molecule has 0 aliphatic carbocycles. The zero-order valence-corrected chi connectivity index (χ0v) is 14.8. The molecule has 2 bridgehead atoms. The van der Waals surface area contributed by atoms with Crippen molar-refractivity contribution in [2.45, 2.75) is 31.4 Å². The first-order chi connectivity index (χ1) is 12.0. The minimum absolute atomic E-state index is 0.224. The van der Waals surface area contributed by atoms with Crippen LogP contribution in [0.5, 0.6) is 5.75 Å². The molecule has 1 fully saturated rings. The van der Waals surface area contributed by atoms with Crippen molar-refractivity contribution in [1.82, 2.24) is 4.90 Å². The Morgan fingerprint density at radius 2 is 2.16 bits per heavy atom. The number of rotatable bonds is 4. The van der Waals surface area contributed by atoms with Gasteiger partial charge in [-0.25, -0.2) is 0 Å². The fourth-order valence-corrected chi connectivity index (χ4v) is 4.75. The minimum Gasteiger partial charge on any atom is -0.468 e. The number of nitrogens with two attached hydrogens (primary N) is 1. The highest BCUT2D eigenvalue weighted by molar-refractivity contribution is 7.09. The third-order valence-corrected chi connectivity index (χ3v) is 6.16. The average molecular weight is 356 g/mol. The van der Waals surface area contributed by atoms with E-state index in [0.717, 1.165) is 17.7 Å². The molecule has 0 spiro atoms. The summed E-state index contributed by atoms with van der Waals surface area (Å²) in [6, 6.07) is 11.7. The van der Waals surface area contributed by atoms with Gasteiger partial charge >= 0.3 is 0 Å². The molecule has 6 heteroatoms. The Morgan fingerprint density at radius 1 is 1.36 bits per heavy atom. The molecule has 1 aromatic carbocycles. The van der Waals surface area contributed by atoms with Gasteiger partial charge in [-0.05, 0) is 36.4 Å². The number of carbonyl (C=O) groups excluding carboxylic acids is 2. The van der Waals surface area contributed by atoms with Crippen molar-refractivity contribution in [2.75, 3.05) is 6.54 Å². The maximum Gasteiger partial charge on any atom is 0.238 e. The molecular weight excluding hydrogens is 336 g/mol. The number of ether oxygens (including phenoxy) is 1. The number of fused-ring (bicyclic) bond motifs is 4. The van der Waals surface area contributed by atoms with E-state index in [4.69, 9.17) is 10.5 Å². The van der Waals surface area contributed by atoms with E-state index in [-0.39, 0.29) is 11.8 Å². The molecule has 2 aliphatic rings. The quantitative estimate of drug-likeness (QED) is 0.856. The lowest BCUT2D eigenvalue weighted by atomic mass is 9.73. The normalized spacial score (nSPS) is 27.6. The summed E-state index contributed by atoms with van der Waals surface area (Å²) in [6.45, 7) is 2.44. The van der Waals surface area contributed by atoms with Gasteiger partial charge in [-0.1, -0.05) is 24.3 Å². The third-order valence-electron chi connectivity index (χ3n) is 5.22. The van der Waals surface area contributed by atoms with E-state index in [9.17, 15) is 9.59 Å². The number of carbonyl (C=O) groups is 2. The first-order valence-corrected chi connectivity index (χ1v) is 9.29. The van der Waals surface area contributed by atoms with Gasteiger partial charge in [0.1, 0.15) is 11.7 Å². The fraction of sp³-hybridized carbons (Fsp3) is 0.368. The predicted octanol–water partition coefficient (Wildman–Crippen LogP) is 2.52. The van der Waals surface area contributed by atoms with Gasteiger partial charge < -0.3 is 15.4 Å². The van der Waals surface area contributed by atoms with E-state index in [1.54, 1.807) is 16.2 Å². The van der Waals surface area contributed by atoms with Crippen LogP contribution in [0.2, 0.25) is 0 Å². The van der Waals surface area contributed by atoms with Crippen LogP contribution in [0.25, 0.3) is 0 Å². The highest BCUT2D eigenvalue weighted by Gasteiger charge is 2.55. The number of thiophene rings is 1. The number of hydrogen-bond donors (Lipinski definition) is 1. The fourth-order valence-electron chi connectivity index (χ4n) is 4.06. The zero-order valence-electron chi connectivity index (χ0n) is 14.0. The van der Waals surface area contributed by atoms with Crippen LogP contribution in [0, 0.1) is 5.92 Å². The maximum absolute atomic E-state index is 13.1. The zero-order chi connectivity index (χ0) is 17.6. The summed E-state index contributed by atoms with van der Waals surface area (Å²) in [5.74, 6) is -1.10. The van der Waals surface area contributed by atoms with E-state index in [0.29, 0.717) is 13.0 Å². The standard InChI is InChI=1S/C19H20N2O3S/c1-19-11-14(13-6-2-3-7-15(13)24-19)16(17(20)22)18(23)21(19)9-8-12-5-4-10-25-12/h2-7,10,14,16H,8-9,11H2,1H3,(H2,20,22)/t14-,16-,19-/m0/s1. The van der Waals surface area contributed by atoms with Gasteiger partial charge in [-0.2, -0.15) is 0 Å². The topological polar surface area (TPSA) is 72.6 Å². The molecule has 25 heavy (non-hydrogen) atoms. The van der Waals surface area contributed by atoms with Crippen molar-refractivity contribution in [3.8, 4) is 5.75 Å². The van der Waals surface area contributed by atoms with Crippen LogP contribution in [0.4, 0.5) is 0 Å². The summed E-state index contributed by atoms with van der Waals surface area (Å²) in [5.41, 5.74) is 5.77. The first-order valence-electron chi connectivity index (χ1n) is 8.41. The highest BCUT2D eigenvalue weighted by atomic mass is 32.1. The minimum atomic E-state index is -0.832. The van der Waals surface area contributed by atoms with E-state index < -0.39 is 17.6 Å². The molecule has 0 unspecified atom stereocenters. The van der Waals surface area contributed by atoms with Crippen LogP contribution < -0.4 is 10.5 Å². The largest absolute Gasteiger partial charge is 0.468 e. The number of primary amides is 1. The summed E-state index contributed by atoms with van der Waals surface area (Å²) in [7, 11) is 0. The van der Waals surface area contributed by atoms with Crippen molar-refractivity contribution in [3.05, 3.63) is 52.2 Å². The van der Waals surface area contributed by atoms with Crippen LogP contribution in [-0.2, 0) is 16.0 Å². The Kier molecular flexibility index (Phi) is 3.80. The van der Waals surface area contributed by atoms with Crippen molar-refractivity contribution in [2.24, 2.45) is 11.7 Å². The number of para-hydroxylation sites is 1. The van der Waals surface area contributed by atoms with Gasteiger partial charge in [0.05, 0.1) is 0 Å². The summed E-state index contributed by atoms with van der Waals surface area (Å²) in [6.07, 6.45) is 1.31. The van der Waals surface area contributed by atoms with Gasteiger partial charge in [-0.15, -0.1) is 11.3 Å². The van der Waals surface area contributed by atoms with Crippen LogP contribution in [0.1, 0.15) is 29.7 Å². The molecular formula is C19H20N2O3S.